The molecule has 1 unspecified atom stereocenters. The van der Waals surface area contributed by atoms with E-state index >= 15 is 0 Å². The predicted octanol–water partition coefficient (Wildman–Crippen LogP) is 2.91. The third-order valence-corrected chi connectivity index (χ3v) is 4.72. The zero-order chi connectivity index (χ0) is 15.8. The maximum absolute atomic E-state index is 12.2. The molecular formula is C17H23NO3. The third-order valence-electron chi connectivity index (χ3n) is 4.72. The van der Waals surface area contributed by atoms with Gasteiger partial charge in [0.05, 0.1) is 0 Å². The van der Waals surface area contributed by atoms with E-state index in [0.717, 1.165) is 17.5 Å². The first-order valence-corrected chi connectivity index (χ1v) is 7.39. The smallest absolute Gasteiger partial charge is 0.334 e. The van der Waals surface area contributed by atoms with Gasteiger partial charge in [-0.15, -0.1) is 0 Å². The average molecular weight is 289 g/mol. The SMILES string of the molecule is CCN(C(C)=O)C1(C(=O)O)CCC(C)(C)c2ccccc21. The number of carbonyl (C=O) groups excluding carboxylic acids is 1. The molecule has 1 atom stereocenters. The average Bonchev–Trinajstić information content (AvgIpc) is 2.42. The number of hydrogen-bond donors (Lipinski definition) is 1. The topological polar surface area (TPSA) is 57.6 Å². The van der Waals surface area contributed by atoms with E-state index in [-0.39, 0.29) is 11.3 Å². The lowest BCUT2D eigenvalue weighted by molar-refractivity contribution is -0.161. The molecule has 1 aliphatic carbocycles. The molecule has 1 N–H and O–H groups in total. The van der Waals surface area contributed by atoms with Crippen LogP contribution in [0, 0.1) is 0 Å². The summed E-state index contributed by atoms with van der Waals surface area (Å²) < 4.78 is 0. The van der Waals surface area contributed by atoms with Crippen LogP contribution in [-0.4, -0.2) is 28.4 Å². The van der Waals surface area contributed by atoms with Crippen LogP contribution in [0.5, 0.6) is 0 Å². The molecular weight excluding hydrogens is 266 g/mol. The van der Waals surface area contributed by atoms with Crippen LogP contribution in [0.1, 0.15) is 51.7 Å². The molecule has 2 rings (SSSR count). The molecule has 0 heterocycles. The Hall–Kier alpha value is -1.84. The van der Waals surface area contributed by atoms with E-state index in [1.807, 2.05) is 31.2 Å². The molecule has 1 aromatic rings. The number of carbonyl (C=O) groups is 2. The van der Waals surface area contributed by atoms with Gasteiger partial charge in [0.15, 0.2) is 5.54 Å². The second kappa shape index (κ2) is 5.17. The Morgan fingerprint density at radius 1 is 1.19 bits per heavy atom. The molecule has 1 aliphatic rings. The first-order valence-electron chi connectivity index (χ1n) is 7.39. The van der Waals surface area contributed by atoms with E-state index < -0.39 is 11.5 Å². The lowest BCUT2D eigenvalue weighted by atomic mass is 9.64. The molecule has 0 fully saturated rings. The van der Waals surface area contributed by atoms with E-state index in [1.165, 1.54) is 11.8 Å². The largest absolute Gasteiger partial charge is 0.479 e. The van der Waals surface area contributed by atoms with E-state index in [4.69, 9.17) is 0 Å². The van der Waals surface area contributed by atoms with Crippen molar-refractivity contribution in [3.05, 3.63) is 35.4 Å². The molecule has 0 saturated carbocycles. The number of aliphatic carboxylic acids is 1. The number of carboxylic acids is 1. The van der Waals surface area contributed by atoms with Crippen molar-refractivity contribution in [1.82, 2.24) is 4.90 Å². The number of benzene rings is 1. The van der Waals surface area contributed by atoms with Crippen LogP contribution < -0.4 is 0 Å². The lowest BCUT2D eigenvalue weighted by Gasteiger charge is -2.48. The molecule has 0 aliphatic heterocycles. The van der Waals surface area contributed by atoms with Gasteiger partial charge in [-0.3, -0.25) is 4.79 Å². The Morgan fingerprint density at radius 3 is 2.24 bits per heavy atom. The van der Waals surface area contributed by atoms with Gasteiger partial charge in [0, 0.05) is 13.5 Å². The number of carboxylic acid groups (broad SMARTS) is 1. The van der Waals surface area contributed by atoms with E-state index in [9.17, 15) is 14.7 Å². The Bertz CT molecular complexity index is 579. The highest BCUT2D eigenvalue weighted by atomic mass is 16.4. The fourth-order valence-corrected chi connectivity index (χ4v) is 3.58. The van der Waals surface area contributed by atoms with Gasteiger partial charge in [0.2, 0.25) is 5.91 Å². The summed E-state index contributed by atoms with van der Waals surface area (Å²) in [6.07, 6.45) is 1.18. The third kappa shape index (κ3) is 2.23. The molecule has 1 amide bonds. The Labute approximate surface area is 125 Å². The Balaban J connectivity index is 2.74. The van der Waals surface area contributed by atoms with Gasteiger partial charge in [-0.05, 0) is 36.3 Å². The standard InChI is InChI=1S/C17H23NO3/c1-5-18(12(2)19)17(15(20)21)11-10-16(3,4)13-8-6-7-9-14(13)17/h6-9H,5,10-11H2,1-4H3,(H,20,21). The van der Waals surface area contributed by atoms with Crippen molar-refractivity contribution in [3.63, 3.8) is 0 Å². The van der Waals surface area contributed by atoms with Crippen molar-refractivity contribution < 1.29 is 14.7 Å². The highest BCUT2D eigenvalue weighted by Crippen LogP contribution is 2.47. The fraction of sp³-hybridized carbons (Fsp3) is 0.529. The van der Waals surface area contributed by atoms with Crippen molar-refractivity contribution in [2.45, 2.75) is 51.5 Å². The summed E-state index contributed by atoms with van der Waals surface area (Å²) >= 11 is 0. The highest BCUT2D eigenvalue weighted by molar-refractivity contribution is 5.88. The molecule has 0 spiro atoms. The van der Waals surface area contributed by atoms with Crippen LogP contribution in [0.3, 0.4) is 0 Å². The summed E-state index contributed by atoms with van der Waals surface area (Å²) in [5.41, 5.74) is 0.461. The molecule has 4 heteroatoms. The van der Waals surface area contributed by atoms with Gasteiger partial charge in [0.25, 0.3) is 0 Å². The van der Waals surface area contributed by atoms with Crippen molar-refractivity contribution in [2.24, 2.45) is 0 Å². The Kier molecular flexibility index (Phi) is 3.83. The number of likely N-dealkylation sites (N-methyl/N-ethyl adjacent to an activating group) is 1. The van der Waals surface area contributed by atoms with Gasteiger partial charge in [-0.25, -0.2) is 4.79 Å². The monoisotopic (exact) mass is 289 g/mol. The van der Waals surface area contributed by atoms with Gasteiger partial charge >= 0.3 is 5.97 Å². The number of nitrogens with zero attached hydrogens (tertiary/aromatic N) is 1. The first-order chi connectivity index (χ1) is 9.77. The highest BCUT2D eigenvalue weighted by Gasteiger charge is 2.52. The fourth-order valence-electron chi connectivity index (χ4n) is 3.58. The zero-order valence-corrected chi connectivity index (χ0v) is 13.1. The van der Waals surface area contributed by atoms with Crippen LogP contribution in [0.25, 0.3) is 0 Å². The van der Waals surface area contributed by atoms with Gasteiger partial charge in [-0.2, -0.15) is 0 Å². The summed E-state index contributed by atoms with van der Waals surface area (Å²) in [5, 5.41) is 9.96. The van der Waals surface area contributed by atoms with Crippen molar-refractivity contribution in [2.75, 3.05) is 6.54 Å². The second-order valence-corrected chi connectivity index (χ2v) is 6.36. The molecule has 4 nitrogen and oxygen atoms in total. The van der Waals surface area contributed by atoms with E-state index in [0.29, 0.717) is 13.0 Å². The molecule has 114 valence electrons. The van der Waals surface area contributed by atoms with E-state index in [2.05, 4.69) is 13.8 Å². The number of fused-ring (bicyclic) bond motifs is 1. The normalized spacial score (nSPS) is 23.2. The van der Waals surface area contributed by atoms with Crippen LogP contribution in [0.4, 0.5) is 0 Å². The van der Waals surface area contributed by atoms with Crippen molar-refractivity contribution in [3.8, 4) is 0 Å². The van der Waals surface area contributed by atoms with Crippen molar-refractivity contribution in [1.29, 1.82) is 0 Å². The predicted molar refractivity (Wildman–Crippen MR) is 81.1 cm³/mol. The first kappa shape index (κ1) is 15.5. The van der Waals surface area contributed by atoms with Crippen LogP contribution in [0.15, 0.2) is 24.3 Å². The molecule has 0 radical (unpaired) electrons. The molecule has 0 aromatic heterocycles. The van der Waals surface area contributed by atoms with Gasteiger partial charge < -0.3 is 10.0 Å². The minimum absolute atomic E-state index is 0.0776. The summed E-state index contributed by atoms with van der Waals surface area (Å²) in [4.78, 5) is 25.7. The lowest BCUT2D eigenvalue weighted by Crippen LogP contribution is -2.57. The number of rotatable bonds is 3. The summed E-state index contributed by atoms with van der Waals surface area (Å²) in [6.45, 7) is 7.91. The van der Waals surface area contributed by atoms with E-state index in [1.54, 1.807) is 0 Å². The van der Waals surface area contributed by atoms with Crippen molar-refractivity contribution >= 4 is 11.9 Å². The minimum Gasteiger partial charge on any atom is -0.479 e. The van der Waals surface area contributed by atoms with Crippen LogP contribution in [0.2, 0.25) is 0 Å². The summed E-state index contributed by atoms with van der Waals surface area (Å²) in [7, 11) is 0. The van der Waals surface area contributed by atoms with Gasteiger partial charge in [-0.1, -0.05) is 38.1 Å². The number of hydrogen-bond acceptors (Lipinski definition) is 2. The summed E-state index contributed by atoms with van der Waals surface area (Å²) in [6, 6.07) is 7.63. The second-order valence-electron chi connectivity index (χ2n) is 6.36. The zero-order valence-electron chi connectivity index (χ0n) is 13.1. The number of amides is 1. The Morgan fingerprint density at radius 2 is 1.76 bits per heavy atom. The minimum atomic E-state index is -1.24. The van der Waals surface area contributed by atoms with Crippen LogP contribution in [-0.2, 0) is 20.5 Å². The van der Waals surface area contributed by atoms with Gasteiger partial charge in [0.1, 0.15) is 0 Å². The summed E-state index contributed by atoms with van der Waals surface area (Å²) in [5.74, 6) is -1.14. The molecule has 0 bridgehead atoms. The maximum Gasteiger partial charge on any atom is 0.334 e. The molecule has 21 heavy (non-hydrogen) atoms. The molecule has 1 aromatic carbocycles. The quantitative estimate of drug-likeness (QED) is 0.930. The maximum atomic E-state index is 12.2. The molecule has 0 saturated heterocycles. The van der Waals surface area contributed by atoms with Crippen LogP contribution >= 0.6 is 0 Å².